The Morgan fingerprint density at radius 1 is 1.13 bits per heavy atom. The van der Waals surface area contributed by atoms with Gasteiger partial charge in [-0.1, -0.05) is 61.9 Å². The third-order valence-electron chi connectivity index (χ3n) is 7.23. The summed E-state index contributed by atoms with van der Waals surface area (Å²) >= 11 is 6.76. The Balaban J connectivity index is 1.77. The van der Waals surface area contributed by atoms with Crippen molar-refractivity contribution in [3.63, 3.8) is 0 Å². The largest absolute Gasteiger partial charge is 0.365 e. The van der Waals surface area contributed by atoms with Crippen LogP contribution in [-0.4, -0.2) is 46.0 Å². The van der Waals surface area contributed by atoms with E-state index in [2.05, 4.69) is 18.4 Å². The lowest BCUT2D eigenvalue weighted by Crippen LogP contribution is -2.53. The van der Waals surface area contributed by atoms with Crippen LogP contribution in [-0.2, 0) is 11.2 Å². The molecule has 0 spiro atoms. The highest BCUT2D eigenvalue weighted by atomic mass is 35.5. The molecule has 3 heterocycles. The first-order valence-electron chi connectivity index (χ1n) is 13.1. The second-order valence-electron chi connectivity index (χ2n) is 9.78. The lowest BCUT2D eigenvalue weighted by atomic mass is 10.1. The van der Waals surface area contributed by atoms with Crippen molar-refractivity contribution in [1.82, 2.24) is 14.5 Å². The Hall–Kier alpha value is -3.97. The summed E-state index contributed by atoms with van der Waals surface area (Å²) in [5.41, 5.74) is 3.14. The van der Waals surface area contributed by atoms with Gasteiger partial charge in [-0.25, -0.2) is 9.37 Å². The van der Waals surface area contributed by atoms with E-state index >= 15 is 0 Å². The Labute approximate surface area is 232 Å². The van der Waals surface area contributed by atoms with Crippen molar-refractivity contribution in [2.24, 2.45) is 0 Å². The van der Waals surface area contributed by atoms with Gasteiger partial charge < -0.3 is 9.80 Å². The third kappa shape index (κ3) is 4.94. The van der Waals surface area contributed by atoms with E-state index in [0.29, 0.717) is 36.4 Å². The minimum Gasteiger partial charge on any atom is -0.365 e. The van der Waals surface area contributed by atoms with Gasteiger partial charge in [-0.05, 0) is 49.2 Å². The van der Waals surface area contributed by atoms with Crippen molar-refractivity contribution in [3.05, 3.63) is 100 Å². The summed E-state index contributed by atoms with van der Waals surface area (Å²) in [6, 6.07) is 17.4. The van der Waals surface area contributed by atoms with Gasteiger partial charge >= 0.3 is 0 Å². The SMILES string of the molecule is C=CC(=O)N1CCN(c2cc(=O)n(-c3ccccc3CCC)c3nc(-c4ccccc4F)c(Cl)cc23)[C@@H](C)C1. The zero-order valence-corrected chi connectivity index (χ0v) is 22.8. The first-order chi connectivity index (χ1) is 18.8. The van der Waals surface area contributed by atoms with Crippen LogP contribution < -0.4 is 10.5 Å². The predicted molar refractivity (Wildman–Crippen MR) is 155 cm³/mol. The molecular formula is C31H30ClFN4O2. The number of hydrogen-bond acceptors (Lipinski definition) is 4. The topological polar surface area (TPSA) is 58.4 Å². The molecule has 8 heteroatoms. The van der Waals surface area contributed by atoms with Crippen molar-refractivity contribution in [3.8, 4) is 16.9 Å². The number of rotatable bonds is 6. The molecule has 1 atom stereocenters. The van der Waals surface area contributed by atoms with Crippen molar-refractivity contribution < 1.29 is 9.18 Å². The highest BCUT2D eigenvalue weighted by Crippen LogP contribution is 2.36. The maximum absolute atomic E-state index is 14.9. The number of hydrogen-bond donors (Lipinski definition) is 0. The van der Waals surface area contributed by atoms with Gasteiger partial charge in [0.05, 0.1) is 22.1 Å². The number of amides is 1. The second kappa shape index (κ2) is 11.0. The molecule has 2 aromatic heterocycles. The number of para-hydroxylation sites is 1. The van der Waals surface area contributed by atoms with E-state index in [1.54, 1.807) is 39.8 Å². The van der Waals surface area contributed by atoms with Crippen LogP contribution in [0.15, 0.2) is 78.1 Å². The van der Waals surface area contributed by atoms with Gasteiger partial charge in [0.25, 0.3) is 5.56 Å². The summed E-state index contributed by atoms with van der Waals surface area (Å²) in [7, 11) is 0. The smallest absolute Gasteiger partial charge is 0.258 e. The standard InChI is InChI=1S/C31H30ClFN4O2/c1-4-10-21-11-6-9-14-26(21)37-29(39)18-27(36-16-15-35(19-20(36)3)28(38)5-2)23-17-24(32)30(34-31(23)37)22-12-7-8-13-25(22)33/h5-9,11-14,17-18,20H,2,4,10,15-16,19H2,1,3H3/t20-/m0/s1. The lowest BCUT2D eigenvalue weighted by Gasteiger charge is -2.41. The number of carbonyl (C=O) groups excluding carboxylic acids is 1. The highest BCUT2D eigenvalue weighted by Gasteiger charge is 2.29. The number of halogens is 2. The fraction of sp³-hybridized carbons (Fsp3) is 0.258. The van der Waals surface area contributed by atoms with Gasteiger partial charge in [0, 0.05) is 42.7 Å². The molecule has 39 heavy (non-hydrogen) atoms. The normalized spacial score (nSPS) is 15.5. The predicted octanol–water partition coefficient (Wildman–Crippen LogP) is 6.02. The van der Waals surface area contributed by atoms with Crippen LogP contribution in [0.4, 0.5) is 10.1 Å². The molecule has 0 N–H and O–H groups in total. The van der Waals surface area contributed by atoms with E-state index in [0.717, 1.165) is 24.1 Å². The van der Waals surface area contributed by atoms with Crippen LogP contribution in [0.5, 0.6) is 0 Å². The first kappa shape index (κ1) is 26.6. The first-order valence-corrected chi connectivity index (χ1v) is 13.5. The number of carbonyl (C=O) groups is 1. The maximum atomic E-state index is 14.9. The van der Waals surface area contributed by atoms with Crippen LogP contribution in [0.3, 0.4) is 0 Å². The molecule has 1 aliphatic heterocycles. The van der Waals surface area contributed by atoms with E-state index in [1.807, 2.05) is 31.2 Å². The molecule has 0 saturated carbocycles. The summed E-state index contributed by atoms with van der Waals surface area (Å²) < 4.78 is 16.5. The highest BCUT2D eigenvalue weighted by molar-refractivity contribution is 6.34. The Morgan fingerprint density at radius 2 is 1.87 bits per heavy atom. The molecule has 0 aliphatic carbocycles. The molecule has 200 valence electrons. The summed E-state index contributed by atoms with van der Waals surface area (Å²) in [5, 5.41) is 0.968. The van der Waals surface area contributed by atoms with Crippen LogP contribution in [0.2, 0.25) is 5.02 Å². The van der Waals surface area contributed by atoms with Gasteiger partial charge in [-0.15, -0.1) is 0 Å². The summed E-state index contributed by atoms with van der Waals surface area (Å²) in [5.74, 6) is -0.562. The molecule has 5 rings (SSSR count). The van der Waals surface area contributed by atoms with E-state index in [-0.39, 0.29) is 33.8 Å². The number of anilines is 1. The second-order valence-corrected chi connectivity index (χ2v) is 10.2. The third-order valence-corrected chi connectivity index (χ3v) is 7.52. The average molecular weight is 545 g/mol. The average Bonchev–Trinajstić information content (AvgIpc) is 2.93. The maximum Gasteiger partial charge on any atom is 0.258 e. The molecule has 6 nitrogen and oxygen atoms in total. The molecule has 2 aromatic carbocycles. The minimum atomic E-state index is -0.445. The van der Waals surface area contributed by atoms with E-state index in [9.17, 15) is 14.0 Å². The van der Waals surface area contributed by atoms with Gasteiger partial charge in [-0.2, -0.15) is 0 Å². The summed E-state index contributed by atoms with van der Waals surface area (Å²) in [6.45, 7) is 9.21. The number of aromatic nitrogens is 2. The van der Waals surface area contributed by atoms with Crippen LogP contribution in [0.1, 0.15) is 25.8 Å². The lowest BCUT2D eigenvalue weighted by molar-refractivity contribution is -0.126. The molecule has 0 bridgehead atoms. The molecule has 0 radical (unpaired) electrons. The Bertz CT molecular complexity index is 1630. The number of nitrogens with zero attached hydrogens (tertiary/aromatic N) is 4. The van der Waals surface area contributed by atoms with Gasteiger partial charge in [-0.3, -0.25) is 14.2 Å². The molecular weight excluding hydrogens is 515 g/mol. The van der Waals surface area contributed by atoms with Crippen molar-refractivity contribution in [1.29, 1.82) is 0 Å². The number of fused-ring (bicyclic) bond motifs is 1. The van der Waals surface area contributed by atoms with Crippen molar-refractivity contribution in [2.45, 2.75) is 32.7 Å². The van der Waals surface area contributed by atoms with E-state index in [4.69, 9.17) is 16.6 Å². The monoisotopic (exact) mass is 544 g/mol. The number of aryl methyl sites for hydroxylation is 1. The number of piperazine rings is 1. The number of benzene rings is 2. The van der Waals surface area contributed by atoms with Crippen molar-refractivity contribution in [2.75, 3.05) is 24.5 Å². The van der Waals surface area contributed by atoms with Gasteiger partial charge in [0.1, 0.15) is 11.5 Å². The van der Waals surface area contributed by atoms with Crippen LogP contribution >= 0.6 is 11.6 Å². The van der Waals surface area contributed by atoms with Crippen molar-refractivity contribution >= 4 is 34.2 Å². The zero-order valence-electron chi connectivity index (χ0n) is 22.0. The van der Waals surface area contributed by atoms with Gasteiger partial charge in [0.2, 0.25) is 5.91 Å². The Kier molecular flexibility index (Phi) is 7.53. The van der Waals surface area contributed by atoms with E-state index < -0.39 is 5.82 Å². The fourth-order valence-electron chi connectivity index (χ4n) is 5.37. The number of pyridine rings is 2. The summed E-state index contributed by atoms with van der Waals surface area (Å²) in [6.07, 6.45) is 3.02. The fourth-order valence-corrected chi connectivity index (χ4v) is 5.62. The Morgan fingerprint density at radius 3 is 2.59 bits per heavy atom. The molecule has 1 fully saturated rings. The molecule has 4 aromatic rings. The minimum absolute atomic E-state index is 0.0708. The van der Waals surface area contributed by atoms with E-state index in [1.165, 1.54) is 12.1 Å². The molecule has 0 unspecified atom stereocenters. The quantitative estimate of drug-likeness (QED) is 0.278. The molecule has 1 aliphatic rings. The zero-order chi connectivity index (χ0) is 27.7. The molecule has 1 amide bonds. The van der Waals surface area contributed by atoms with Gasteiger partial charge in [0.15, 0.2) is 0 Å². The van der Waals surface area contributed by atoms with Crippen LogP contribution in [0, 0.1) is 5.82 Å². The molecule has 1 saturated heterocycles. The van der Waals surface area contributed by atoms with Crippen LogP contribution in [0.25, 0.3) is 28.0 Å². The summed E-state index contributed by atoms with van der Waals surface area (Å²) in [4.78, 5) is 34.8.